The highest BCUT2D eigenvalue weighted by Crippen LogP contribution is 2.63. The lowest BCUT2D eigenvalue weighted by molar-refractivity contribution is -0.314. The summed E-state index contributed by atoms with van der Waals surface area (Å²) in [5.74, 6) is -8.38. The number of carbonyl (C=O) groups is 4. The fraction of sp³-hybridized carbons (Fsp3) is 0.241. The van der Waals surface area contributed by atoms with Crippen molar-refractivity contribution in [1.29, 1.82) is 0 Å². The Morgan fingerprint density at radius 2 is 1.68 bits per heavy atom. The molecule has 3 atom stereocenters. The first-order chi connectivity index (χ1) is 19.1. The van der Waals surface area contributed by atoms with Crippen LogP contribution in [0.25, 0.3) is 0 Å². The maximum Gasteiger partial charge on any atom is 0.345 e. The number of esters is 2. The van der Waals surface area contributed by atoms with Gasteiger partial charge >= 0.3 is 11.9 Å². The van der Waals surface area contributed by atoms with Crippen LogP contribution in [0.5, 0.6) is 17.2 Å². The number of aromatic hydroxyl groups is 3. The molecule has 4 aliphatic rings. The summed E-state index contributed by atoms with van der Waals surface area (Å²) < 4.78 is 23.2. The Kier molecular flexibility index (Phi) is 4.80. The van der Waals surface area contributed by atoms with Gasteiger partial charge in [-0.1, -0.05) is 24.3 Å². The molecular formula is C29H20O11. The second kappa shape index (κ2) is 7.90. The Morgan fingerprint density at radius 1 is 0.925 bits per heavy atom. The molecule has 2 spiro atoms. The van der Waals surface area contributed by atoms with Crippen molar-refractivity contribution in [2.24, 2.45) is 0 Å². The molecule has 1 aliphatic carbocycles. The van der Waals surface area contributed by atoms with E-state index >= 15 is 0 Å². The predicted octanol–water partition coefficient (Wildman–Crippen LogP) is 2.88. The van der Waals surface area contributed by atoms with E-state index in [0.29, 0.717) is 6.42 Å². The van der Waals surface area contributed by atoms with Gasteiger partial charge in [0.05, 0.1) is 36.3 Å². The Hall–Kier alpha value is -4.74. The molecule has 3 aromatic rings. The molecule has 0 radical (unpaired) electrons. The zero-order chi connectivity index (χ0) is 28.1. The van der Waals surface area contributed by atoms with Crippen LogP contribution in [-0.2, 0) is 35.3 Å². The molecule has 3 aliphatic heterocycles. The summed E-state index contributed by atoms with van der Waals surface area (Å²) in [5.41, 5.74) is -1.35. The molecule has 40 heavy (non-hydrogen) atoms. The SMILES string of the molecule is COC(=O)CC1CCC2(O1)OC1(OC(=O)c3c(O)cc4c(c31)C(=O)c1c(O)cccc1C4=O)c1c(O)cccc12. The van der Waals surface area contributed by atoms with E-state index in [0.717, 1.165) is 6.07 Å². The quantitative estimate of drug-likeness (QED) is 0.318. The predicted molar refractivity (Wildman–Crippen MR) is 131 cm³/mol. The van der Waals surface area contributed by atoms with Crippen LogP contribution in [0.2, 0.25) is 0 Å². The number of hydrogen-bond acceptors (Lipinski definition) is 11. The first-order valence-electron chi connectivity index (χ1n) is 12.4. The van der Waals surface area contributed by atoms with Crippen molar-refractivity contribution < 1.29 is 53.4 Å². The van der Waals surface area contributed by atoms with Gasteiger partial charge in [-0.3, -0.25) is 19.1 Å². The van der Waals surface area contributed by atoms with Crippen molar-refractivity contribution in [3.63, 3.8) is 0 Å². The minimum absolute atomic E-state index is 0.0445. The topological polar surface area (TPSA) is 166 Å². The minimum Gasteiger partial charge on any atom is -0.507 e. The van der Waals surface area contributed by atoms with E-state index in [4.69, 9.17) is 18.9 Å². The molecule has 3 heterocycles. The molecular weight excluding hydrogens is 524 g/mol. The third-order valence-corrected chi connectivity index (χ3v) is 7.93. The molecule has 0 amide bonds. The van der Waals surface area contributed by atoms with Gasteiger partial charge < -0.3 is 29.5 Å². The molecule has 0 aromatic heterocycles. The standard InChI is InChI=1S/C29H20O11/c1-37-19(33)10-12-8-9-28(38-12)15-5-3-7-17(31)23(15)29(40-28)24-21-14(11-18(32)22(24)27(36)39-29)25(34)13-4-2-6-16(30)20(13)26(21)35/h2-7,11-12,30-32H,8-10H2,1H3. The summed E-state index contributed by atoms with van der Waals surface area (Å²) >= 11 is 0. The highest BCUT2D eigenvalue weighted by Gasteiger charge is 2.67. The summed E-state index contributed by atoms with van der Waals surface area (Å²) in [6.45, 7) is 0. The zero-order valence-electron chi connectivity index (χ0n) is 20.8. The first-order valence-corrected chi connectivity index (χ1v) is 12.4. The van der Waals surface area contributed by atoms with Gasteiger partial charge in [0.25, 0.3) is 5.79 Å². The monoisotopic (exact) mass is 544 g/mol. The van der Waals surface area contributed by atoms with Crippen molar-refractivity contribution in [3.05, 3.63) is 87.0 Å². The molecule has 1 fully saturated rings. The number of methoxy groups -OCH3 is 1. The lowest BCUT2D eigenvalue weighted by Crippen LogP contribution is -2.36. The number of phenols is 3. The van der Waals surface area contributed by atoms with Crippen LogP contribution in [0.15, 0.2) is 42.5 Å². The third kappa shape index (κ3) is 2.90. The Balaban J connectivity index is 1.49. The Morgan fingerprint density at radius 3 is 2.45 bits per heavy atom. The molecule has 7 rings (SSSR count). The van der Waals surface area contributed by atoms with Crippen molar-refractivity contribution in [2.45, 2.75) is 36.9 Å². The molecule has 11 heteroatoms. The van der Waals surface area contributed by atoms with Crippen LogP contribution in [0.3, 0.4) is 0 Å². The molecule has 202 valence electrons. The molecule has 0 bridgehead atoms. The van der Waals surface area contributed by atoms with E-state index in [2.05, 4.69) is 0 Å². The molecule has 3 aromatic carbocycles. The summed E-state index contributed by atoms with van der Waals surface area (Å²) in [5, 5.41) is 32.6. The summed E-state index contributed by atoms with van der Waals surface area (Å²) in [6, 6.07) is 9.51. The maximum atomic E-state index is 13.9. The normalized spacial score (nSPS) is 25.5. The number of fused-ring (bicyclic) bond motifs is 8. The average molecular weight is 544 g/mol. The van der Waals surface area contributed by atoms with Gasteiger partial charge in [-0.05, 0) is 24.6 Å². The van der Waals surface area contributed by atoms with E-state index in [9.17, 15) is 34.5 Å². The minimum atomic E-state index is -2.30. The van der Waals surface area contributed by atoms with Crippen molar-refractivity contribution >= 4 is 23.5 Å². The van der Waals surface area contributed by atoms with Crippen LogP contribution in [0, 0.1) is 0 Å². The molecule has 0 saturated carbocycles. The van der Waals surface area contributed by atoms with Gasteiger partial charge in [0.2, 0.25) is 5.79 Å². The van der Waals surface area contributed by atoms with E-state index in [1.165, 1.54) is 37.4 Å². The average Bonchev–Trinajstić information content (AvgIpc) is 3.54. The molecule has 3 N–H and O–H groups in total. The van der Waals surface area contributed by atoms with Gasteiger partial charge in [0, 0.05) is 28.7 Å². The zero-order valence-corrected chi connectivity index (χ0v) is 20.8. The van der Waals surface area contributed by atoms with Crippen LogP contribution >= 0.6 is 0 Å². The van der Waals surface area contributed by atoms with Crippen LogP contribution in [0.4, 0.5) is 0 Å². The Labute approximate surface area is 225 Å². The largest absolute Gasteiger partial charge is 0.507 e. The fourth-order valence-electron chi connectivity index (χ4n) is 6.30. The Bertz CT molecular complexity index is 1720. The highest BCUT2D eigenvalue weighted by molar-refractivity contribution is 6.31. The van der Waals surface area contributed by atoms with Crippen molar-refractivity contribution in [1.82, 2.24) is 0 Å². The van der Waals surface area contributed by atoms with Crippen LogP contribution < -0.4 is 0 Å². The van der Waals surface area contributed by atoms with Gasteiger partial charge in [-0.25, -0.2) is 4.79 Å². The van der Waals surface area contributed by atoms with Crippen molar-refractivity contribution in [2.75, 3.05) is 7.11 Å². The van der Waals surface area contributed by atoms with E-state index in [-0.39, 0.29) is 57.5 Å². The lowest BCUT2D eigenvalue weighted by Gasteiger charge is -2.31. The smallest absolute Gasteiger partial charge is 0.345 e. The first kappa shape index (κ1) is 24.3. The summed E-state index contributed by atoms with van der Waals surface area (Å²) in [4.78, 5) is 52.7. The second-order valence-electron chi connectivity index (χ2n) is 10.0. The number of phenolic OH excluding ortho intramolecular Hbond substituents is 3. The van der Waals surface area contributed by atoms with Crippen molar-refractivity contribution in [3.8, 4) is 17.2 Å². The third-order valence-electron chi connectivity index (χ3n) is 7.93. The van der Waals surface area contributed by atoms with E-state index < -0.39 is 58.2 Å². The van der Waals surface area contributed by atoms with Gasteiger partial charge in [0.1, 0.15) is 22.8 Å². The number of ketones is 2. The van der Waals surface area contributed by atoms with E-state index in [1.54, 1.807) is 6.07 Å². The number of hydrogen-bond donors (Lipinski definition) is 3. The highest BCUT2D eigenvalue weighted by atomic mass is 16.8. The van der Waals surface area contributed by atoms with Gasteiger partial charge in [0.15, 0.2) is 11.6 Å². The number of benzene rings is 3. The maximum absolute atomic E-state index is 13.9. The van der Waals surface area contributed by atoms with E-state index in [1.807, 2.05) is 0 Å². The number of rotatable bonds is 2. The number of ether oxygens (including phenoxy) is 4. The molecule has 1 saturated heterocycles. The fourth-order valence-corrected chi connectivity index (χ4v) is 6.30. The van der Waals surface area contributed by atoms with Crippen LogP contribution in [-0.4, -0.2) is 52.0 Å². The molecule has 11 nitrogen and oxygen atoms in total. The van der Waals surface area contributed by atoms with Crippen LogP contribution in [0.1, 0.15) is 78.2 Å². The van der Waals surface area contributed by atoms with Gasteiger partial charge in [-0.15, -0.1) is 0 Å². The van der Waals surface area contributed by atoms with Gasteiger partial charge in [-0.2, -0.15) is 0 Å². The number of carbonyl (C=O) groups excluding carboxylic acids is 4. The second-order valence-corrected chi connectivity index (χ2v) is 10.0. The lowest BCUT2D eigenvalue weighted by atomic mass is 9.77. The summed E-state index contributed by atoms with van der Waals surface area (Å²) in [7, 11) is 1.25. The molecule has 3 unspecified atom stereocenters. The summed E-state index contributed by atoms with van der Waals surface area (Å²) in [6.07, 6.45) is -0.201.